The van der Waals surface area contributed by atoms with Crippen molar-refractivity contribution in [2.75, 3.05) is 5.32 Å². The summed E-state index contributed by atoms with van der Waals surface area (Å²) >= 11 is 17.9. The van der Waals surface area contributed by atoms with E-state index >= 15 is 0 Å². The molecule has 0 aliphatic rings. The zero-order chi connectivity index (χ0) is 20.6. The number of carboxylic acids is 1. The topological polar surface area (TPSA) is 95.1 Å². The van der Waals surface area contributed by atoms with Crippen molar-refractivity contribution in [3.8, 4) is 11.1 Å². The molecule has 3 N–H and O–H groups in total. The van der Waals surface area contributed by atoms with E-state index in [-0.39, 0.29) is 21.4 Å². The van der Waals surface area contributed by atoms with Gasteiger partial charge in [0.2, 0.25) is 0 Å². The molecule has 0 unspecified atom stereocenters. The fourth-order valence-corrected chi connectivity index (χ4v) is 3.35. The molecule has 0 atom stereocenters. The maximum absolute atomic E-state index is 12.4. The molecule has 0 aliphatic carbocycles. The SMILES string of the molecule is Cc1nc(Cl)c(C(=O)O)cc1-c1ccc(NC(=O)c2[nH]c(C)c(Cl)c2Cl)cc1. The number of pyridine rings is 1. The number of hydrogen-bond donors (Lipinski definition) is 3. The van der Waals surface area contributed by atoms with Crippen LogP contribution in [0.5, 0.6) is 0 Å². The van der Waals surface area contributed by atoms with Gasteiger partial charge in [0.05, 0.1) is 15.6 Å². The molecule has 1 amide bonds. The number of anilines is 1. The summed E-state index contributed by atoms with van der Waals surface area (Å²) in [6.07, 6.45) is 0. The van der Waals surface area contributed by atoms with E-state index in [1.165, 1.54) is 6.07 Å². The van der Waals surface area contributed by atoms with E-state index < -0.39 is 11.9 Å². The molecule has 6 nitrogen and oxygen atoms in total. The van der Waals surface area contributed by atoms with Crippen LogP contribution in [0.3, 0.4) is 0 Å². The maximum atomic E-state index is 12.4. The Hall–Kier alpha value is -2.54. The molecular weight excluding hydrogens is 425 g/mol. The Morgan fingerprint density at radius 2 is 1.71 bits per heavy atom. The average molecular weight is 439 g/mol. The highest BCUT2D eigenvalue weighted by Gasteiger charge is 2.18. The molecule has 3 aromatic rings. The number of carbonyl (C=O) groups excluding carboxylic acids is 1. The first kappa shape index (κ1) is 20.2. The minimum absolute atomic E-state index is 0.0607. The minimum atomic E-state index is -1.15. The molecule has 2 heterocycles. The van der Waals surface area contributed by atoms with Gasteiger partial charge in [0.25, 0.3) is 5.91 Å². The zero-order valence-electron chi connectivity index (χ0n) is 14.7. The number of rotatable bonds is 4. The number of carbonyl (C=O) groups is 2. The van der Waals surface area contributed by atoms with Gasteiger partial charge in [-0.1, -0.05) is 46.9 Å². The van der Waals surface area contributed by atoms with Crippen molar-refractivity contribution in [2.24, 2.45) is 0 Å². The van der Waals surface area contributed by atoms with E-state index in [1.807, 2.05) is 0 Å². The van der Waals surface area contributed by atoms with Crippen molar-refractivity contribution in [2.45, 2.75) is 13.8 Å². The molecular formula is C19H14Cl3N3O3. The zero-order valence-corrected chi connectivity index (χ0v) is 17.0. The van der Waals surface area contributed by atoms with E-state index in [1.54, 1.807) is 38.1 Å². The molecule has 3 rings (SSSR count). The fraction of sp³-hybridized carbons (Fsp3) is 0.105. The predicted molar refractivity (Wildman–Crippen MR) is 110 cm³/mol. The number of halogens is 3. The number of nitrogens with zero attached hydrogens (tertiary/aromatic N) is 1. The number of hydrogen-bond acceptors (Lipinski definition) is 3. The normalized spacial score (nSPS) is 10.8. The lowest BCUT2D eigenvalue weighted by molar-refractivity contribution is 0.0696. The molecule has 9 heteroatoms. The Bertz CT molecular complexity index is 1090. The van der Waals surface area contributed by atoms with Crippen LogP contribution in [0.4, 0.5) is 5.69 Å². The third kappa shape index (κ3) is 3.85. The number of benzene rings is 1. The van der Waals surface area contributed by atoms with Crippen LogP contribution in [0, 0.1) is 13.8 Å². The molecule has 0 saturated carbocycles. The number of amides is 1. The third-order valence-corrected chi connectivity index (χ3v) is 5.37. The number of aryl methyl sites for hydroxylation is 2. The number of carboxylic acid groups (broad SMARTS) is 1. The molecule has 0 spiro atoms. The summed E-state index contributed by atoms with van der Waals surface area (Å²) in [5.74, 6) is -1.58. The van der Waals surface area contributed by atoms with Gasteiger partial charge in [-0.3, -0.25) is 4.79 Å². The Labute approximate surface area is 175 Å². The van der Waals surface area contributed by atoms with E-state index in [2.05, 4.69) is 15.3 Å². The van der Waals surface area contributed by atoms with Crippen molar-refractivity contribution in [1.82, 2.24) is 9.97 Å². The van der Waals surface area contributed by atoms with Gasteiger partial charge in [-0.2, -0.15) is 0 Å². The van der Waals surface area contributed by atoms with Crippen molar-refractivity contribution < 1.29 is 14.7 Å². The molecule has 0 bridgehead atoms. The summed E-state index contributed by atoms with van der Waals surface area (Å²) in [6.45, 7) is 3.45. The van der Waals surface area contributed by atoms with Crippen LogP contribution in [0.1, 0.15) is 32.2 Å². The maximum Gasteiger partial charge on any atom is 0.338 e. The van der Waals surface area contributed by atoms with Crippen LogP contribution in [-0.4, -0.2) is 27.0 Å². The van der Waals surface area contributed by atoms with Crippen molar-refractivity contribution in [3.05, 3.63) is 68.2 Å². The summed E-state index contributed by atoms with van der Waals surface area (Å²) in [5.41, 5.74) is 3.20. The number of H-pyrrole nitrogens is 1. The van der Waals surface area contributed by atoms with Gasteiger partial charge in [-0.15, -0.1) is 0 Å². The summed E-state index contributed by atoms with van der Waals surface area (Å²) < 4.78 is 0. The summed E-state index contributed by atoms with van der Waals surface area (Å²) in [5, 5.41) is 12.4. The fourth-order valence-electron chi connectivity index (χ4n) is 2.67. The lowest BCUT2D eigenvalue weighted by Crippen LogP contribution is -2.12. The third-order valence-electron chi connectivity index (χ3n) is 4.13. The van der Waals surface area contributed by atoms with Gasteiger partial charge in [-0.05, 0) is 37.6 Å². The standard InChI is InChI=1S/C19H14Cl3N3O3/c1-8-12(7-13(19(27)28)17(22)24-8)10-3-5-11(6-4-10)25-18(26)16-15(21)14(20)9(2)23-16/h3-7,23H,1-2H3,(H,25,26)(H,27,28). The molecule has 0 saturated heterocycles. The molecule has 28 heavy (non-hydrogen) atoms. The van der Waals surface area contributed by atoms with Crippen molar-refractivity contribution in [3.63, 3.8) is 0 Å². The molecule has 0 radical (unpaired) electrons. The van der Waals surface area contributed by atoms with E-state index in [0.29, 0.717) is 27.7 Å². The first-order valence-electron chi connectivity index (χ1n) is 8.04. The number of aromatic carboxylic acids is 1. The average Bonchev–Trinajstić information content (AvgIpc) is 2.90. The molecule has 0 aliphatic heterocycles. The van der Waals surface area contributed by atoms with Crippen molar-refractivity contribution >= 4 is 52.4 Å². The van der Waals surface area contributed by atoms with Gasteiger partial charge in [0, 0.05) is 22.6 Å². The molecule has 1 aromatic carbocycles. The highest BCUT2D eigenvalue weighted by molar-refractivity contribution is 6.44. The van der Waals surface area contributed by atoms with Crippen molar-refractivity contribution in [1.29, 1.82) is 0 Å². The van der Waals surface area contributed by atoms with E-state index in [4.69, 9.17) is 34.8 Å². The summed E-state index contributed by atoms with van der Waals surface area (Å²) in [4.78, 5) is 30.6. The quantitative estimate of drug-likeness (QED) is 0.462. The lowest BCUT2D eigenvalue weighted by atomic mass is 10.0. The second-order valence-electron chi connectivity index (χ2n) is 6.05. The van der Waals surface area contributed by atoms with Crippen LogP contribution >= 0.6 is 34.8 Å². The van der Waals surface area contributed by atoms with Crippen LogP contribution < -0.4 is 5.32 Å². The first-order chi connectivity index (χ1) is 13.2. The number of aromatic amines is 1. The van der Waals surface area contributed by atoms with E-state index in [9.17, 15) is 14.7 Å². The Morgan fingerprint density at radius 1 is 1.07 bits per heavy atom. The van der Waals surface area contributed by atoms with Crippen LogP contribution in [0.15, 0.2) is 30.3 Å². The Morgan fingerprint density at radius 3 is 2.25 bits per heavy atom. The predicted octanol–water partition coefficient (Wildman–Crippen LogP) is 5.60. The number of nitrogens with one attached hydrogen (secondary N) is 2. The molecule has 0 fully saturated rings. The Kier molecular flexibility index (Phi) is 5.65. The largest absolute Gasteiger partial charge is 0.478 e. The smallest absolute Gasteiger partial charge is 0.338 e. The summed E-state index contributed by atoms with van der Waals surface area (Å²) in [7, 11) is 0. The minimum Gasteiger partial charge on any atom is -0.478 e. The van der Waals surface area contributed by atoms with Gasteiger partial charge in [0.15, 0.2) is 0 Å². The van der Waals surface area contributed by atoms with Gasteiger partial charge in [-0.25, -0.2) is 9.78 Å². The van der Waals surface area contributed by atoms with Gasteiger partial charge >= 0.3 is 5.97 Å². The second kappa shape index (κ2) is 7.83. The van der Waals surface area contributed by atoms with Crippen LogP contribution in [0.2, 0.25) is 15.2 Å². The first-order valence-corrected chi connectivity index (χ1v) is 9.18. The number of aromatic nitrogens is 2. The Balaban J connectivity index is 1.86. The summed E-state index contributed by atoms with van der Waals surface area (Å²) in [6, 6.07) is 8.34. The van der Waals surface area contributed by atoms with Crippen LogP contribution in [-0.2, 0) is 0 Å². The lowest BCUT2D eigenvalue weighted by Gasteiger charge is -2.10. The highest BCUT2D eigenvalue weighted by Crippen LogP contribution is 2.30. The highest BCUT2D eigenvalue weighted by atomic mass is 35.5. The van der Waals surface area contributed by atoms with Gasteiger partial charge in [0.1, 0.15) is 10.8 Å². The second-order valence-corrected chi connectivity index (χ2v) is 7.16. The molecule has 144 valence electrons. The molecule has 2 aromatic heterocycles. The van der Waals surface area contributed by atoms with Crippen LogP contribution in [0.25, 0.3) is 11.1 Å². The van der Waals surface area contributed by atoms with Gasteiger partial charge < -0.3 is 15.4 Å². The monoisotopic (exact) mass is 437 g/mol. The van der Waals surface area contributed by atoms with E-state index in [0.717, 1.165) is 5.56 Å².